The van der Waals surface area contributed by atoms with E-state index in [1.165, 1.54) is 22.3 Å². The number of benzene rings is 2. The van der Waals surface area contributed by atoms with Crippen molar-refractivity contribution in [3.8, 4) is 0 Å². The van der Waals surface area contributed by atoms with E-state index in [0.29, 0.717) is 0 Å². The van der Waals surface area contributed by atoms with Crippen LogP contribution >= 0.6 is 9.24 Å². The lowest BCUT2D eigenvalue weighted by molar-refractivity contribution is 1.27. The Hall–Kier alpha value is -1.13. The Bertz CT molecular complexity index is 426. The molecule has 0 aliphatic carbocycles. The number of hydrogen-bond donors (Lipinski definition) is 0. The Balaban J connectivity index is 0.000000171. The Kier molecular flexibility index (Phi) is 5.94. The Labute approximate surface area is 107 Å². The van der Waals surface area contributed by atoms with Crippen LogP contribution in [0.15, 0.2) is 48.5 Å². The van der Waals surface area contributed by atoms with Gasteiger partial charge in [0.15, 0.2) is 0 Å². The minimum atomic E-state index is 1.06. The summed E-state index contributed by atoms with van der Waals surface area (Å²) in [6.07, 6.45) is 1.06. The van der Waals surface area contributed by atoms with Gasteiger partial charge in [0.1, 0.15) is 0 Å². The van der Waals surface area contributed by atoms with Crippen LogP contribution < -0.4 is 0 Å². The summed E-state index contributed by atoms with van der Waals surface area (Å²) < 4.78 is 0. The van der Waals surface area contributed by atoms with Gasteiger partial charge in [0.25, 0.3) is 0 Å². The maximum atomic E-state index is 2.69. The number of aryl methyl sites for hydroxylation is 2. The fourth-order valence-electron chi connectivity index (χ4n) is 1.51. The molecule has 2 aromatic carbocycles. The molecule has 1 heteroatoms. The van der Waals surface area contributed by atoms with E-state index in [0.717, 1.165) is 6.16 Å². The van der Waals surface area contributed by atoms with Crippen molar-refractivity contribution in [1.29, 1.82) is 0 Å². The molecule has 0 bridgehead atoms. The van der Waals surface area contributed by atoms with Gasteiger partial charge in [-0.25, -0.2) is 0 Å². The molecule has 17 heavy (non-hydrogen) atoms. The second-order valence-corrected chi connectivity index (χ2v) is 4.61. The van der Waals surface area contributed by atoms with Gasteiger partial charge in [-0.05, 0) is 49.2 Å². The molecule has 1 atom stereocenters. The van der Waals surface area contributed by atoms with E-state index < -0.39 is 0 Å². The van der Waals surface area contributed by atoms with Gasteiger partial charge >= 0.3 is 0 Å². The first-order chi connectivity index (χ1) is 8.15. The van der Waals surface area contributed by atoms with Gasteiger partial charge in [0.05, 0.1) is 0 Å². The third-order valence-electron chi connectivity index (χ3n) is 2.95. The first-order valence-electron chi connectivity index (χ1n) is 5.92. The molecule has 1 unspecified atom stereocenters. The summed E-state index contributed by atoms with van der Waals surface area (Å²) >= 11 is 0. The Morgan fingerprint density at radius 1 is 0.765 bits per heavy atom. The SMILES string of the molecule is Cc1cccc(C)c1C.PCc1ccccc1. The molecule has 0 N–H and O–H groups in total. The molecular weight excluding hydrogens is 223 g/mol. The maximum Gasteiger partial charge on any atom is -0.0128 e. The summed E-state index contributed by atoms with van der Waals surface area (Å²) in [5, 5.41) is 0. The van der Waals surface area contributed by atoms with Crippen molar-refractivity contribution in [1.82, 2.24) is 0 Å². The minimum Gasteiger partial charge on any atom is -0.133 e. The van der Waals surface area contributed by atoms with Gasteiger partial charge < -0.3 is 0 Å². The molecule has 2 rings (SSSR count). The average Bonchev–Trinajstić information content (AvgIpc) is 2.37. The first-order valence-corrected chi connectivity index (χ1v) is 6.73. The van der Waals surface area contributed by atoms with Crippen LogP contribution in [0.1, 0.15) is 22.3 Å². The van der Waals surface area contributed by atoms with Crippen LogP contribution in [0.3, 0.4) is 0 Å². The van der Waals surface area contributed by atoms with Crippen molar-refractivity contribution in [2.45, 2.75) is 26.9 Å². The van der Waals surface area contributed by atoms with E-state index >= 15 is 0 Å². The number of hydrogen-bond acceptors (Lipinski definition) is 0. The van der Waals surface area contributed by atoms with Crippen molar-refractivity contribution in [3.63, 3.8) is 0 Å². The third kappa shape index (κ3) is 4.71. The molecule has 0 aliphatic heterocycles. The first kappa shape index (κ1) is 13.9. The van der Waals surface area contributed by atoms with Crippen molar-refractivity contribution in [3.05, 3.63) is 70.8 Å². The average molecular weight is 244 g/mol. The second-order valence-electron chi connectivity index (χ2n) is 4.21. The molecule has 0 fully saturated rings. The highest BCUT2D eigenvalue weighted by molar-refractivity contribution is 7.15. The van der Waals surface area contributed by atoms with Crippen LogP contribution in [-0.2, 0) is 6.16 Å². The summed E-state index contributed by atoms with van der Waals surface area (Å²) in [6, 6.07) is 16.8. The van der Waals surface area contributed by atoms with Crippen LogP contribution in [-0.4, -0.2) is 0 Å². The second kappa shape index (κ2) is 7.25. The number of rotatable bonds is 1. The van der Waals surface area contributed by atoms with Crippen LogP contribution in [0.4, 0.5) is 0 Å². The molecule has 0 nitrogen and oxygen atoms in total. The zero-order valence-corrected chi connectivity index (χ0v) is 12.1. The quantitative estimate of drug-likeness (QED) is 0.639. The predicted molar refractivity (Wildman–Crippen MR) is 80.5 cm³/mol. The smallest absolute Gasteiger partial charge is 0.0128 e. The molecule has 0 aliphatic rings. The van der Waals surface area contributed by atoms with E-state index in [9.17, 15) is 0 Å². The van der Waals surface area contributed by atoms with Crippen molar-refractivity contribution >= 4 is 9.24 Å². The van der Waals surface area contributed by atoms with E-state index in [-0.39, 0.29) is 0 Å². The van der Waals surface area contributed by atoms with Crippen molar-refractivity contribution < 1.29 is 0 Å². The molecule has 90 valence electrons. The topological polar surface area (TPSA) is 0 Å². The fraction of sp³-hybridized carbons (Fsp3) is 0.250. The lowest BCUT2D eigenvalue weighted by atomic mass is 10.1. The van der Waals surface area contributed by atoms with Crippen LogP contribution in [0.5, 0.6) is 0 Å². The summed E-state index contributed by atoms with van der Waals surface area (Å²) in [4.78, 5) is 0. The zero-order valence-electron chi connectivity index (χ0n) is 10.9. The fourth-order valence-corrected chi connectivity index (χ4v) is 1.78. The Morgan fingerprint density at radius 2 is 1.29 bits per heavy atom. The van der Waals surface area contributed by atoms with Crippen molar-refractivity contribution in [2.24, 2.45) is 0 Å². The molecule has 0 spiro atoms. The third-order valence-corrected chi connectivity index (χ3v) is 3.43. The minimum absolute atomic E-state index is 1.06. The van der Waals surface area contributed by atoms with Crippen molar-refractivity contribution in [2.75, 3.05) is 0 Å². The monoisotopic (exact) mass is 244 g/mol. The van der Waals surface area contributed by atoms with Gasteiger partial charge in [0, 0.05) is 0 Å². The van der Waals surface area contributed by atoms with E-state index in [2.05, 4.69) is 72.5 Å². The molecule has 0 heterocycles. The largest absolute Gasteiger partial charge is 0.133 e. The lowest BCUT2D eigenvalue weighted by Crippen LogP contribution is -1.82. The summed E-state index contributed by atoms with van der Waals surface area (Å²) in [5.41, 5.74) is 5.56. The van der Waals surface area contributed by atoms with E-state index in [4.69, 9.17) is 0 Å². The molecular formula is C16H21P. The van der Waals surface area contributed by atoms with Gasteiger partial charge in [-0.15, -0.1) is 9.24 Å². The van der Waals surface area contributed by atoms with Crippen LogP contribution in [0.2, 0.25) is 0 Å². The van der Waals surface area contributed by atoms with E-state index in [1.807, 2.05) is 6.07 Å². The van der Waals surface area contributed by atoms with Crippen LogP contribution in [0.25, 0.3) is 0 Å². The van der Waals surface area contributed by atoms with Gasteiger partial charge in [-0.1, -0.05) is 48.5 Å². The van der Waals surface area contributed by atoms with Gasteiger partial charge in [-0.2, -0.15) is 0 Å². The summed E-state index contributed by atoms with van der Waals surface area (Å²) in [5.74, 6) is 0. The molecule has 0 saturated carbocycles. The van der Waals surface area contributed by atoms with Crippen LogP contribution in [0, 0.1) is 20.8 Å². The molecule has 0 radical (unpaired) electrons. The van der Waals surface area contributed by atoms with Gasteiger partial charge in [0.2, 0.25) is 0 Å². The van der Waals surface area contributed by atoms with E-state index in [1.54, 1.807) is 0 Å². The highest BCUT2D eigenvalue weighted by atomic mass is 31.0. The maximum absolute atomic E-state index is 2.69. The van der Waals surface area contributed by atoms with Gasteiger partial charge in [-0.3, -0.25) is 0 Å². The normalized spacial score (nSPS) is 9.41. The molecule has 0 aromatic heterocycles. The summed E-state index contributed by atoms with van der Waals surface area (Å²) in [6.45, 7) is 6.44. The lowest BCUT2D eigenvalue weighted by Gasteiger charge is -2.00. The highest BCUT2D eigenvalue weighted by Crippen LogP contribution is 2.09. The molecule has 0 amide bonds. The summed E-state index contributed by atoms with van der Waals surface area (Å²) in [7, 11) is 2.69. The Morgan fingerprint density at radius 3 is 1.65 bits per heavy atom. The highest BCUT2D eigenvalue weighted by Gasteiger charge is 1.91. The predicted octanol–water partition coefficient (Wildman–Crippen LogP) is 4.67. The zero-order chi connectivity index (χ0) is 12.7. The standard InChI is InChI=1S/C9H12.C7H9P/c1-7-5-4-6-8(2)9(7)3;8-6-7-4-2-1-3-5-7/h4-6H,1-3H3;1-5H,6,8H2. The molecule has 0 saturated heterocycles. The molecule has 2 aromatic rings.